The molecule has 1 unspecified atom stereocenters. The van der Waals surface area contributed by atoms with Crippen LogP contribution in [0.3, 0.4) is 0 Å². The second-order valence-corrected chi connectivity index (χ2v) is 4.37. The van der Waals surface area contributed by atoms with E-state index in [4.69, 9.17) is 5.73 Å². The molecule has 0 radical (unpaired) electrons. The van der Waals surface area contributed by atoms with Gasteiger partial charge < -0.3 is 16.0 Å². The minimum Gasteiger partial charge on any atom is -0.353 e. The first-order valence-corrected chi connectivity index (χ1v) is 6.01. The Hall–Kier alpha value is -1.59. The second kappa shape index (κ2) is 6.54. The Morgan fingerprint density at radius 2 is 2.05 bits per heavy atom. The van der Waals surface area contributed by atoms with Crippen LogP contribution in [0.25, 0.3) is 0 Å². The summed E-state index contributed by atoms with van der Waals surface area (Å²) in [6, 6.07) is 6.76. The van der Waals surface area contributed by atoms with Crippen molar-refractivity contribution in [3.8, 4) is 0 Å². The number of nitrogens with one attached hydrogen (secondary N) is 1. The molecule has 1 fully saturated rings. The minimum atomic E-state index is -0.416. The highest BCUT2D eigenvalue weighted by molar-refractivity contribution is 5.98. The third kappa shape index (κ3) is 3.24. The molecule has 0 saturated carbocycles. The Labute approximate surface area is 118 Å². The highest BCUT2D eigenvalue weighted by Gasteiger charge is 2.29. The Bertz CT molecular complexity index is 461. The molecule has 1 aliphatic rings. The lowest BCUT2D eigenvalue weighted by molar-refractivity contribution is -0.127. The highest BCUT2D eigenvalue weighted by atomic mass is 35.5. The third-order valence-electron chi connectivity index (χ3n) is 3.20. The number of carbonyl (C=O) groups is 2. The van der Waals surface area contributed by atoms with Crippen LogP contribution in [-0.4, -0.2) is 35.8 Å². The Morgan fingerprint density at radius 3 is 2.63 bits per heavy atom. The number of halogens is 1. The predicted octanol–water partition coefficient (Wildman–Crippen LogP) is 0.528. The maximum atomic E-state index is 12.3. The van der Waals surface area contributed by atoms with Gasteiger partial charge in [0, 0.05) is 25.2 Å². The molecule has 1 aliphatic heterocycles. The Kier molecular flexibility index (Phi) is 5.32. The summed E-state index contributed by atoms with van der Waals surface area (Å²) in [5, 5.41) is 2.74. The lowest BCUT2D eigenvalue weighted by Crippen LogP contribution is -2.55. The van der Waals surface area contributed by atoms with Crippen molar-refractivity contribution in [1.82, 2.24) is 10.2 Å². The monoisotopic (exact) mass is 283 g/mol. The van der Waals surface area contributed by atoms with Crippen molar-refractivity contribution in [2.75, 3.05) is 13.1 Å². The molecule has 3 N–H and O–H groups in total. The van der Waals surface area contributed by atoms with Crippen molar-refractivity contribution in [3.63, 3.8) is 0 Å². The zero-order chi connectivity index (χ0) is 13.1. The van der Waals surface area contributed by atoms with Crippen molar-refractivity contribution >= 4 is 24.2 Å². The fourth-order valence-electron chi connectivity index (χ4n) is 2.01. The van der Waals surface area contributed by atoms with E-state index < -0.39 is 6.04 Å². The Balaban J connectivity index is 0.00000180. The number of carbonyl (C=O) groups excluding carboxylic acids is 2. The van der Waals surface area contributed by atoms with E-state index in [1.807, 2.05) is 12.1 Å². The SMILES string of the molecule is CC1C(=O)NCCN1C(=O)c1ccc(CN)cc1.Cl. The Morgan fingerprint density at radius 1 is 1.42 bits per heavy atom. The topological polar surface area (TPSA) is 75.4 Å². The van der Waals surface area contributed by atoms with E-state index in [0.29, 0.717) is 25.2 Å². The van der Waals surface area contributed by atoms with Gasteiger partial charge in [-0.25, -0.2) is 0 Å². The predicted molar refractivity (Wildman–Crippen MR) is 75.1 cm³/mol. The number of amides is 2. The van der Waals surface area contributed by atoms with Crippen LogP contribution in [0.5, 0.6) is 0 Å². The average molecular weight is 284 g/mol. The van der Waals surface area contributed by atoms with E-state index in [9.17, 15) is 9.59 Å². The summed E-state index contributed by atoms with van der Waals surface area (Å²) < 4.78 is 0. The molecule has 0 spiro atoms. The summed E-state index contributed by atoms with van der Waals surface area (Å²) in [5.74, 6) is -0.214. The summed E-state index contributed by atoms with van der Waals surface area (Å²) in [4.78, 5) is 25.4. The van der Waals surface area contributed by atoms with Crippen molar-refractivity contribution in [2.24, 2.45) is 5.73 Å². The summed E-state index contributed by atoms with van der Waals surface area (Å²) in [5.41, 5.74) is 7.08. The van der Waals surface area contributed by atoms with E-state index >= 15 is 0 Å². The van der Waals surface area contributed by atoms with Crippen molar-refractivity contribution in [3.05, 3.63) is 35.4 Å². The molecular formula is C13H18ClN3O2. The van der Waals surface area contributed by atoms with E-state index in [1.54, 1.807) is 24.0 Å². The van der Waals surface area contributed by atoms with Gasteiger partial charge in [0.15, 0.2) is 0 Å². The average Bonchev–Trinajstić information content (AvgIpc) is 2.41. The number of nitrogens with zero attached hydrogens (tertiary/aromatic N) is 1. The molecule has 0 aromatic heterocycles. The number of hydrogen-bond acceptors (Lipinski definition) is 3. The van der Waals surface area contributed by atoms with Gasteiger partial charge in [0.05, 0.1) is 0 Å². The number of piperazine rings is 1. The molecule has 1 atom stereocenters. The maximum Gasteiger partial charge on any atom is 0.254 e. The van der Waals surface area contributed by atoms with Crippen LogP contribution >= 0.6 is 12.4 Å². The summed E-state index contributed by atoms with van der Waals surface area (Å²) in [6.07, 6.45) is 0. The van der Waals surface area contributed by atoms with Crippen molar-refractivity contribution in [2.45, 2.75) is 19.5 Å². The zero-order valence-electron chi connectivity index (χ0n) is 10.8. The first-order chi connectivity index (χ1) is 8.63. The molecule has 104 valence electrons. The lowest BCUT2D eigenvalue weighted by Gasteiger charge is -2.32. The maximum absolute atomic E-state index is 12.3. The lowest BCUT2D eigenvalue weighted by atomic mass is 10.1. The van der Waals surface area contributed by atoms with Gasteiger partial charge in [-0.15, -0.1) is 12.4 Å². The van der Waals surface area contributed by atoms with Crippen LogP contribution in [0, 0.1) is 0 Å². The first kappa shape index (κ1) is 15.5. The standard InChI is InChI=1S/C13H17N3O2.ClH/c1-9-12(17)15-6-7-16(9)13(18)11-4-2-10(8-14)3-5-11;/h2-5,9H,6-8,14H2,1H3,(H,15,17);1H. The van der Waals surface area contributed by atoms with Crippen LogP contribution in [-0.2, 0) is 11.3 Å². The van der Waals surface area contributed by atoms with Crippen molar-refractivity contribution < 1.29 is 9.59 Å². The molecule has 5 nitrogen and oxygen atoms in total. The van der Waals surface area contributed by atoms with Crippen LogP contribution in [0.1, 0.15) is 22.8 Å². The van der Waals surface area contributed by atoms with Gasteiger partial charge in [-0.3, -0.25) is 9.59 Å². The van der Waals surface area contributed by atoms with E-state index in [0.717, 1.165) is 5.56 Å². The van der Waals surface area contributed by atoms with Gasteiger partial charge in [0.25, 0.3) is 5.91 Å². The number of rotatable bonds is 2. The highest BCUT2D eigenvalue weighted by Crippen LogP contribution is 2.12. The largest absolute Gasteiger partial charge is 0.353 e. The van der Waals surface area contributed by atoms with E-state index in [1.165, 1.54) is 0 Å². The van der Waals surface area contributed by atoms with Crippen molar-refractivity contribution in [1.29, 1.82) is 0 Å². The number of hydrogen-bond donors (Lipinski definition) is 2. The molecule has 6 heteroatoms. The molecule has 1 heterocycles. The minimum absolute atomic E-state index is 0. The molecular weight excluding hydrogens is 266 g/mol. The molecule has 1 aromatic rings. The smallest absolute Gasteiger partial charge is 0.254 e. The molecule has 1 saturated heterocycles. The number of nitrogens with two attached hydrogens (primary N) is 1. The van der Waals surface area contributed by atoms with E-state index in [-0.39, 0.29) is 24.2 Å². The van der Waals surface area contributed by atoms with Crippen LogP contribution in [0.2, 0.25) is 0 Å². The van der Waals surface area contributed by atoms with Gasteiger partial charge in [-0.1, -0.05) is 12.1 Å². The van der Waals surface area contributed by atoms with Gasteiger partial charge >= 0.3 is 0 Å². The van der Waals surface area contributed by atoms with Crippen LogP contribution in [0.4, 0.5) is 0 Å². The zero-order valence-corrected chi connectivity index (χ0v) is 11.6. The van der Waals surface area contributed by atoms with Gasteiger partial charge in [-0.05, 0) is 24.6 Å². The van der Waals surface area contributed by atoms with E-state index in [2.05, 4.69) is 5.32 Å². The molecule has 0 bridgehead atoms. The third-order valence-corrected chi connectivity index (χ3v) is 3.20. The summed E-state index contributed by atoms with van der Waals surface area (Å²) >= 11 is 0. The first-order valence-electron chi connectivity index (χ1n) is 6.01. The normalized spacial score (nSPS) is 18.5. The van der Waals surface area contributed by atoms with Gasteiger partial charge in [0.2, 0.25) is 5.91 Å². The molecule has 2 rings (SSSR count). The summed E-state index contributed by atoms with van der Waals surface area (Å²) in [7, 11) is 0. The van der Waals surface area contributed by atoms with Crippen LogP contribution < -0.4 is 11.1 Å². The van der Waals surface area contributed by atoms with Gasteiger partial charge in [-0.2, -0.15) is 0 Å². The molecule has 2 amide bonds. The molecule has 19 heavy (non-hydrogen) atoms. The molecule has 1 aromatic carbocycles. The van der Waals surface area contributed by atoms with Crippen LogP contribution in [0.15, 0.2) is 24.3 Å². The van der Waals surface area contributed by atoms with Gasteiger partial charge in [0.1, 0.15) is 6.04 Å². The summed E-state index contributed by atoms with van der Waals surface area (Å²) in [6.45, 7) is 3.25. The molecule has 0 aliphatic carbocycles. The second-order valence-electron chi connectivity index (χ2n) is 4.37. The number of benzene rings is 1. The fraction of sp³-hybridized carbons (Fsp3) is 0.385. The quantitative estimate of drug-likeness (QED) is 0.831. The fourth-order valence-corrected chi connectivity index (χ4v) is 2.01.